The van der Waals surface area contributed by atoms with Crippen molar-refractivity contribution in [2.75, 3.05) is 33.4 Å². The molecule has 0 radical (unpaired) electrons. The molecule has 0 amide bonds. The van der Waals surface area contributed by atoms with Crippen LogP contribution in [0, 0.1) is 5.41 Å². The quantitative estimate of drug-likeness (QED) is 0.850. The van der Waals surface area contributed by atoms with Crippen molar-refractivity contribution in [3.05, 3.63) is 18.2 Å². The summed E-state index contributed by atoms with van der Waals surface area (Å²) in [6.07, 6.45) is 4.98. The Balaban J connectivity index is 2.02. The third-order valence-electron chi connectivity index (χ3n) is 3.58. The first kappa shape index (κ1) is 14.5. The molecule has 5 heteroatoms. The van der Waals surface area contributed by atoms with Gasteiger partial charge in [-0.3, -0.25) is 0 Å². The molecular formula is C14H25N3O2. The van der Waals surface area contributed by atoms with Crippen LogP contribution in [0.5, 0.6) is 0 Å². The summed E-state index contributed by atoms with van der Waals surface area (Å²) in [6.45, 7) is 8.81. The Morgan fingerprint density at radius 3 is 3.11 bits per heavy atom. The van der Waals surface area contributed by atoms with Gasteiger partial charge in [-0.15, -0.1) is 0 Å². The molecule has 0 aromatic carbocycles. The minimum absolute atomic E-state index is 0.120. The number of methoxy groups -OCH3 is 1. The number of hydrogen-bond acceptors (Lipinski definition) is 4. The Bertz CT molecular complexity index is 384. The average Bonchev–Trinajstić information content (AvgIpc) is 2.85. The van der Waals surface area contributed by atoms with Crippen molar-refractivity contribution in [1.82, 2.24) is 14.9 Å². The Morgan fingerprint density at radius 1 is 1.58 bits per heavy atom. The lowest BCUT2D eigenvalue weighted by molar-refractivity contribution is 0.0214. The highest BCUT2D eigenvalue weighted by molar-refractivity contribution is 5.05. The van der Waals surface area contributed by atoms with Gasteiger partial charge < -0.3 is 19.4 Å². The normalized spacial score (nSPS) is 20.7. The van der Waals surface area contributed by atoms with Crippen LogP contribution in [-0.4, -0.2) is 43.0 Å². The summed E-state index contributed by atoms with van der Waals surface area (Å²) >= 11 is 0. The summed E-state index contributed by atoms with van der Waals surface area (Å²) in [6, 6.07) is 0. The van der Waals surface area contributed by atoms with Gasteiger partial charge in [0, 0.05) is 33.4 Å². The molecule has 19 heavy (non-hydrogen) atoms. The zero-order valence-corrected chi connectivity index (χ0v) is 12.2. The highest BCUT2D eigenvalue weighted by atomic mass is 16.5. The van der Waals surface area contributed by atoms with Crippen molar-refractivity contribution in [3.63, 3.8) is 0 Å². The van der Waals surface area contributed by atoms with Gasteiger partial charge >= 0.3 is 0 Å². The maximum atomic E-state index is 5.81. The fourth-order valence-electron chi connectivity index (χ4n) is 2.41. The van der Waals surface area contributed by atoms with Gasteiger partial charge in [-0.25, -0.2) is 4.98 Å². The van der Waals surface area contributed by atoms with E-state index in [4.69, 9.17) is 9.47 Å². The Morgan fingerprint density at radius 2 is 2.42 bits per heavy atom. The molecular weight excluding hydrogens is 242 g/mol. The molecule has 2 rings (SSSR count). The van der Waals surface area contributed by atoms with E-state index in [1.54, 1.807) is 7.11 Å². The molecule has 1 fully saturated rings. The van der Waals surface area contributed by atoms with Gasteiger partial charge in [0.15, 0.2) is 0 Å². The highest BCUT2D eigenvalue weighted by Gasteiger charge is 2.24. The van der Waals surface area contributed by atoms with Crippen LogP contribution in [0.4, 0.5) is 0 Å². The molecule has 1 aromatic heterocycles. The van der Waals surface area contributed by atoms with Gasteiger partial charge in [-0.1, -0.05) is 13.8 Å². The van der Waals surface area contributed by atoms with E-state index in [2.05, 4.69) is 28.7 Å². The molecule has 1 saturated heterocycles. The maximum absolute atomic E-state index is 5.81. The van der Waals surface area contributed by atoms with E-state index < -0.39 is 0 Å². The summed E-state index contributed by atoms with van der Waals surface area (Å²) in [5.41, 5.74) is 1.35. The standard InChI is InChI=1S/C14H25N3O2/c1-14(2,4-6-18-3)10-17-11-16-8-12(17)13-9-15-5-7-19-13/h8,11,13,15H,4-7,9-10H2,1-3H3. The smallest absolute Gasteiger partial charge is 0.111 e. The van der Waals surface area contributed by atoms with Crippen molar-refractivity contribution in [3.8, 4) is 0 Å². The van der Waals surface area contributed by atoms with Crippen LogP contribution in [0.1, 0.15) is 32.1 Å². The zero-order valence-electron chi connectivity index (χ0n) is 12.2. The lowest BCUT2D eigenvalue weighted by Gasteiger charge is -2.29. The van der Waals surface area contributed by atoms with Crippen molar-refractivity contribution in [1.29, 1.82) is 0 Å². The fourth-order valence-corrected chi connectivity index (χ4v) is 2.41. The number of rotatable bonds is 6. The molecule has 0 saturated carbocycles. The molecule has 1 aromatic rings. The lowest BCUT2D eigenvalue weighted by atomic mass is 9.89. The summed E-state index contributed by atoms with van der Waals surface area (Å²) in [5.74, 6) is 0. The van der Waals surface area contributed by atoms with E-state index in [0.29, 0.717) is 0 Å². The van der Waals surface area contributed by atoms with Crippen LogP contribution in [0.3, 0.4) is 0 Å². The van der Waals surface area contributed by atoms with Crippen LogP contribution in [0.25, 0.3) is 0 Å². The first-order valence-electron chi connectivity index (χ1n) is 6.94. The summed E-state index contributed by atoms with van der Waals surface area (Å²) < 4.78 is 13.2. The van der Waals surface area contributed by atoms with E-state index in [9.17, 15) is 0 Å². The Kier molecular flexibility index (Phi) is 4.96. The minimum Gasteiger partial charge on any atom is -0.385 e. The number of nitrogens with zero attached hydrogens (tertiary/aromatic N) is 2. The molecule has 0 bridgehead atoms. The van der Waals surface area contributed by atoms with Crippen LogP contribution in [0.2, 0.25) is 0 Å². The topological polar surface area (TPSA) is 48.3 Å². The van der Waals surface area contributed by atoms with E-state index in [0.717, 1.165) is 45.0 Å². The molecule has 5 nitrogen and oxygen atoms in total. The van der Waals surface area contributed by atoms with Gasteiger partial charge in [0.2, 0.25) is 0 Å². The van der Waals surface area contributed by atoms with Gasteiger partial charge in [0.25, 0.3) is 0 Å². The number of morpholine rings is 1. The largest absolute Gasteiger partial charge is 0.385 e. The van der Waals surface area contributed by atoms with Gasteiger partial charge in [0.1, 0.15) is 6.10 Å². The number of imidazole rings is 1. The lowest BCUT2D eigenvalue weighted by Crippen LogP contribution is -2.35. The Hall–Kier alpha value is -0.910. The number of ether oxygens (including phenoxy) is 2. The van der Waals surface area contributed by atoms with Crippen LogP contribution >= 0.6 is 0 Å². The fraction of sp³-hybridized carbons (Fsp3) is 0.786. The molecule has 1 atom stereocenters. The second kappa shape index (κ2) is 6.50. The van der Waals surface area contributed by atoms with E-state index >= 15 is 0 Å². The molecule has 108 valence electrons. The van der Waals surface area contributed by atoms with Gasteiger partial charge in [-0.05, 0) is 11.8 Å². The summed E-state index contributed by atoms with van der Waals surface area (Å²) in [4.78, 5) is 4.29. The first-order chi connectivity index (χ1) is 9.12. The Labute approximate surface area is 115 Å². The summed E-state index contributed by atoms with van der Waals surface area (Å²) in [7, 11) is 1.75. The second-order valence-electron chi connectivity index (χ2n) is 5.92. The molecule has 0 spiro atoms. The monoisotopic (exact) mass is 267 g/mol. The van der Waals surface area contributed by atoms with Crippen LogP contribution < -0.4 is 5.32 Å². The zero-order chi connectivity index (χ0) is 13.7. The first-order valence-corrected chi connectivity index (χ1v) is 6.94. The molecule has 1 N–H and O–H groups in total. The minimum atomic E-state index is 0.120. The second-order valence-corrected chi connectivity index (χ2v) is 5.92. The van der Waals surface area contributed by atoms with Crippen LogP contribution in [-0.2, 0) is 16.0 Å². The van der Waals surface area contributed by atoms with Crippen molar-refractivity contribution in [2.24, 2.45) is 5.41 Å². The molecule has 0 aliphatic carbocycles. The third kappa shape index (κ3) is 4.03. The predicted octanol–water partition coefficient (Wildman–Crippen LogP) is 1.61. The predicted molar refractivity (Wildman–Crippen MR) is 74.1 cm³/mol. The van der Waals surface area contributed by atoms with Crippen molar-refractivity contribution in [2.45, 2.75) is 32.9 Å². The van der Waals surface area contributed by atoms with E-state index in [1.165, 1.54) is 0 Å². The van der Waals surface area contributed by atoms with E-state index in [-0.39, 0.29) is 11.5 Å². The number of nitrogens with one attached hydrogen (secondary N) is 1. The van der Waals surface area contributed by atoms with Gasteiger partial charge in [-0.2, -0.15) is 0 Å². The number of hydrogen-bond donors (Lipinski definition) is 1. The third-order valence-corrected chi connectivity index (χ3v) is 3.58. The molecule has 1 aliphatic heterocycles. The van der Waals surface area contributed by atoms with Gasteiger partial charge in [0.05, 0.1) is 24.8 Å². The number of aromatic nitrogens is 2. The summed E-state index contributed by atoms with van der Waals surface area (Å²) in [5, 5.41) is 3.36. The van der Waals surface area contributed by atoms with Crippen molar-refractivity contribution >= 4 is 0 Å². The molecule has 2 heterocycles. The average molecular weight is 267 g/mol. The SMILES string of the molecule is COCCC(C)(C)Cn1cncc1C1CNCCO1. The van der Waals surface area contributed by atoms with Crippen molar-refractivity contribution < 1.29 is 9.47 Å². The maximum Gasteiger partial charge on any atom is 0.111 e. The highest BCUT2D eigenvalue weighted by Crippen LogP contribution is 2.26. The molecule has 1 unspecified atom stereocenters. The molecule has 1 aliphatic rings. The van der Waals surface area contributed by atoms with Crippen LogP contribution in [0.15, 0.2) is 12.5 Å². The van der Waals surface area contributed by atoms with E-state index in [1.807, 2.05) is 12.5 Å².